The summed E-state index contributed by atoms with van der Waals surface area (Å²) in [4.78, 5) is 19.1. The van der Waals surface area contributed by atoms with E-state index < -0.39 is 0 Å². The van der Waals surface area contributed by atoms with E-state index in [9.17, 15) is 4.79 Å². The standard InChI is InChI=1S/C23H25N3O4/c1-15(2)22-24-21(25-30-22)16-8-10-17(11-9-16)29-18-12-13-26(14-18)23(27)19-6-4-5-7-20(19)28-3/h4-11,15,18H,12-14H2,1-3H3. The smallest absolute Gasteiger partial charge is 0.257 e. The van der Waals surface area contributed by atoms with Crippen molar-refractivity contribution in [2.45, 2.75) is 32.3 Å². The lowest BCUT2D eigenvalue weighted by molar-refractivity contribution is 0.0769. The third-order valence-electron chi connectivity index (χ3n) is 5.12. The lowest BCUT2D eigenvalue weighted by Crippen LogP contribution is -2.31. The summed E-state index contributed by atoms with van der Waals surface area (Å²) in [6.07, 6.45) is 0.734. The Morgan fingerprint density at radius 1 is 1.17 bits per heavy atom. The molecule has 4 rings (SSSR count). The maximum atomic E-state index is 12.8. The van der Waals surface area contributed by atoms with Gasteiger partial charge < -0.3 is 18.9 Å². The third-order valence-corrected chi connectivity index (χ3v) is 5.12. The number of nitrogens with zero attached hydrogens (tertiary/aromatic N) is 3. The first-order valence-corrected chi connectivity index (χ1v) is 10.1. The van der Waals surface area contributed by atoms with Crippen LogP contribution in [0.1, 0.15) is 42.4 Å². The van der Waals surface area contributed by atoms with Gasteiger partial charge >= 0.3 is 0 Å². The maximum Gasteiger partial charge on any atom is 0.257 e. The molecule has 7 nitrogen and oxygen atoms in total. The van der Waals surface area contributed by atoms with Gasteiger partial charge in [0.05, 0.1) is 19.2 Å². The molecule has 0 radical (unpaired) electrons. The summed E-state index contributed by atoms with van der Waals surface area (Å²) in [6.45, 7) is 5.22. The zero-order chi connectivity index (χ0) is 21.1. The summed E-state index contributed by atoms with van der Waals surface area (Å²) >= 11 is 0. The summed E-state index contributed by atoms with van der Waals surface area (Å²) in [5.41, 5.74) is 1.45. The molecular formula is C23H25N3O4. The number of carbonyl (C=O) groups excluding carboxylic acids is 1. The van der Waals surface area contributed by atoms with Crippen molar-refractivity contribution < 1.29 is 18.8 Å². The van der Waals surface area contributed by atoms with Crippen molar-refractivity contribution in [3.63, 3.8) is 0 Å². The van der Waals surface area contributed by atoms with E-state index >= 15 is 0 Å². The van der Waals surface area contributed by atoms with Crippen LogP contribution in [-0.2, 0) is 0 Å². The second kappa shape index (κ2) is 8.57. The van der Waals surface area contributed by atoms with Gasteiger partial charge in [-0.25, -0.2) is 0 Å². The molecule has 1 atom stereocenters. The van der Waals surface area contributed by atoms with Gasteiger partial charge in [-0.1, -0.05) is 31.1 Å². The fraction of sp³-hybridized carbons (Fsp3) is 0.348. The van der Waals surface area contributed by atoms with E-state index in [2.05, 4.69) is 10.1 Å². The van der Waals surface area contributed by atoms with Crippen molar-refractivity contribution in [3.8, 4) is 22.9 Å². The molecule has 0 N–H and O–H groups in total. The number of carbonyl (C=O) groups is 1. The van der Waals surface area contributed by atoms with E-state index in [-0.39, 0.29) is 17.9 Å². The van der Waals surface area contributed by atoms with Crippen LogP contribution in [0, 0.1) is 0 Å². The number of methoxy groups -OCH3 is 1. The van der Waals surface area contributed by atoms with Crippen LogP contribution in [0.15, 0.2) is 53.1 Å². The summed E-state index contributed by atoms with van der Waals surface area (Å²) < 4.78 is 16.7. The number of rotatable bonds is 6. The summed E-state index contributed by atoms with van der Waals surface area (Å²) in [7, 11) is 1.57. The zero-order valence-corrected chi connectivity index (χ0v) is 17.4. The molecule has 1 aliphatic rings. The van der Waals surface area contributed by atoms with Gasteiger partial charge in [0.2, 0.25) is 11.7 Å². The van der Waals surface area contributed by atoms with Gasteiger partial charge in [0.1, 0.15) is 17.6 Å². The van der Waals surface area contributed by atoms with Crippen molar-refractivity contribution in [2.75, 3.05) is 20.2 Å². The fourth-order valence-corrected chi connectivity index (χ4v) is 3.46. The average Bonchev–Trinajstić information content (AvgIpc) is 3.44. The van der Waals surface area contributed by atoms with Crippen LogP contribution in [0.2, 0.25) is 0 Å². The van der Waals surface area contributed by atoms with E-state index in [1.54, 1.807) is 19.2 Å². The molecule has 0 spiro atoms. The average molecular weight is 407 g/mol. The van der Waals surface area contributed by atoms with Crippen LogP contribution in [0.25, 0.3) is 11.4 Å². The zero-order valence-electron chi connectivity index (χ0n) is 17.4. The number of benzene rings is 2. The normalized spacial score (nSPS) is 16.1. The molecule has 1 aromatic heterocycles. The minimum absolute atomic E-state index is 0.0352. The van der Waals surface area contributed by atoms with Crippen LogP contribution < -0.4 is 9.47 Å². The summed E-state index contributed by atoms with van der Waals surface area (Å²) in [5, 5.41) is 4.03. The van der Waals surface area contributed by atoms with Crippen LogP contribution in [-0.4, -0.2) is 47.3 Å². The highest BCUT2D eigenvalue weighted by Gasteiger charge is 2.29. The lowest BCUT2D eigenvalue weighted by Gasteiger charge is -2.18. The molecule has 30 heavy (non-hydrogen) atoms. The van der Waals surface area contributed by atoms with E-state index in [0.29, 0.717) is 36.1 Å². The molecule has 1 unspecified atom stereocenters. The first-order valence-electron chi connectivity index (χ1n) is 10.1. The Hall–Kier alpha value is -3.35. The van der Waals surface area contributed by atoms with Gasteiger partial charge in [0.25, 0.3) is 5.91 Å². The molecule has 7 heteroatoms. The van der Waals surface area contributed by atoms with E-state index in [4.69, 9.17) is 14.0 Å². The SMILES string of the molecule is COc1ccccc1C(=O)N1CCC(Oc2ccc(-c3noc(C(C)C)n3)cc2)C1. The van der Waals surface area contributed by atoms with Gasteiger partial charge in [0.15, 0.2) is 0 Å². The van der Waals surface area contributed by atoms with Crippen LogP contribution in [0.5, 0.6) is 11.5 Å². The first-order chi connectivity index (χ1) is 14.5. The highest BCUT2D eigenvalue weighted by Crippen LogP contribution is 2.26. The van der Waals surface area contributed by atoms with Gasteiger partial charge in [-0.15, -0.1) is 0 Å². The Labute approximate surface area is 175 Å². The third kappa shape index (κ3) is 4.15. The Bertz CT molecular complexity index is 1010. The predicted molar refractivity (Wildman–Crippen MR) is 112 cm³/mol. The molecule has 1 saturated heterocycles. The van der Waals surface area contributed by atoms with Crippen molar-refractivity contribution in [1.29, 1.82) is 0 Å². The fourth-order valence-electron chi connectivity index (χ4n) is 3.46. The second-order valence-electron chi connectivity index (χ2n) is 7.62. The summed E-state index contributed by atoms with van der Waals surface area (Å²) in [5.74, 6) is 2.69. The first kappa shape index (κ1) is 19.9. The van der Waals surface area contributed by atoms with Crippen LogP contribution in [0.4, 0.5) is 0 Å². The largest absolute Gasteiger partial charge is 0.496 e. The quantitative estimate of drug-likeness (QED) is 0.611. The summed E-state index contributed by atoms with van der Waals surface area (Å²) in [6, 6.07) is 14.9. The number of aromatic nitrogens is 2. The van der Waals surface area contributed by atoms with Crippen LogP contribution >= 0.6 is 0 Å². The minimum atomic E-state index is -0.0489. The number of amides is 1. The van der Waals surface area contributed by atoms with Gasteiger partial charge in [-0.05, 0) is 36.4 Å². The Morgan fingerprint density at radius 2 is 1.93 bits per heavy atom. The van der Waals surface area contributed by atoms with Crippen LogP contribution in [0.3, 0.4) is 0 Å². The maximum absolute atomic E-state index is 12.8. The molecule has 3 aromatic rings. The Balaban J connectivity index is 1.38. The molecule has 1 fully saturated rings. The van der Waals surface area contributed by atoms with E-state index in [1.807, 2.05) is 55.1 Å². The number of hydrogen-bond acceptors (Lipinski definition) is 6. The highest BCUT2D eigenvalue weighted by atomic mass is 16.5. The molecule has 1 amide bonds. The lowest BCUT2D eigenvalue weighted by atomic mass is 10.2. The molecule has 0 bridgehead atoms. The van der Waals surface area contributed by atoms with Crippen molar-refractivity contribution >= 4 is 5.91 Å². The monoisotopic (exact) mass is 407 g/mol. The Morgan fingerprint density at radius 3 is 2.63 bits per heavy atom. The van der Waals surface area contributed by atoms with Crippen molar-refractivity contribution in [1.82, 2.24) is 15.0 Å². The Kier molecular flexibility index (Phi) is 5.70. The second-order valence-corrected chi connectivity index (χ2v) is 7.62. The van der Waals surface area contributed by atoms with Gasteiger partial charge in [-0.2, -0.15) is 4.98 Å². The number of ether oxygens (including phenoxy) is 2. The topological polar surface area (TPSA) is 77.7 Å². The molecule has 1 aliphatic heterocycles. The molecule has 2 heterocycles. The number of likely N-dealkylation sites (tertiary alicyclic amines) is 1. The molecule has 0 saturated carbocycles. The minimum Gasteiger partial charge on any atom is -0.496 e. The molecule has 2 aromatic carbocycles. The molecular weight excluding hydrogens is 382 g/mol. The number of hydrogen-bond donors (Lipinski definition) is 0. The molecule has 156 valence electrons. The van der Waals surface area contributed by atoms with E-state index in [0.717, 1.165) is 17.7 Å². The van der Waals surface area contributed by atoms with E-state index in [1.165, 1.54) is 0 Å². The predicted octanol–water partition coefficient (Wildman–Crippen LogP) is 4.16. The highest BCUT2D eigenvalue weighted by molar-refractivity contribution is 5.97. The van der Waals surface area contributed by atoms with Gasteiger partial charge in [0, 0.05) is 24.4 Å². The van der Waals surface area contributed by atoms with Crippen molar-refractivity contribution in [2.24, 2.45) is 0 Å². The molecule has 0 aliphatic carbocycles. The van der Waals surface area contributed by atoms with Crippen molar-refractivity contribution in [3.05, 3.63) is 60.0 Å². The van der Waals surface area contributed by atoms with Gasteiger partial charge in [-0.3, -0.25) is 4.79 Å². The number of para-hydroxylation sites is 1.